The molecular formula is C11H11BrF2O. The summed E-state index contributed by atoms with van der Waals surface area (Å²) in [5.74, 6) is -1.22. The second kappa shape index (κ2) is 5.85. The fraction of sp³-hybridized carbons (Fsp3) is 0.273. The maximum absolute atomic E-state index is 13.2. The lowest BCUT2D eigenvalue weighted by molar-refractivity contribution is 0.383. The van der Waals surface area contributed by atoms with E-state index in [1.54, 1.807) is 6.08 Å². The zero-order chi connectivity index (χ0) is 11.3. The van der Waals surface area contributed by atoms with E-state index in [2.05, 4.69) is 15.9 Å². The number of hydrogen-bond acceptors (Lipinski definition) is 1. The van der Waals surface area contributed by atoms with Crippen LogP contribution in [0, 0.1) is 11.6 Å². The van der Waals surface area contributed by atoms with E-state index in [4.69, 9.17) is 4.74 Å². The summed E-state index contributed by atoms with van der Waals surface area (Å²) in [4.78, 5) is 0. The van der Waals surface area contributed by atoms with Crippen molar-refractivity contribution in [3.63, 3.8) is 0 Å². The third kappa shape index (κ3) is 3.30. The number of benzene rings is 1. The summed E-state index contributed by atoms with van der Waals surface area (Å²) in [7, 11) is 1.36. The summed E-state index contributed by atoms with van der Waals surface area (Å²) in [6, 6.07) is 2.05. The molecule has 0 aliphatic carbocycles. The van der Waals surface area contributed by atoms with Crippen molar-refractivity contribution in [3.8, 4) is 5.75 Å². The minimum atomic E-state index is -0.684. The van der Waals surface area contributed by atoms with Crippen molar-refractivity contribution in [1.29, 1.82) is 0 Å². The van der Waals surface area contributed by atoms with Gasteiger partial charge in [0.15, 0.2) is 11.6 Å². The highest BCUT2D eigenvalue weighted by Crippen LogP contribution is 2.25. The fourth-order valence-electron chi connectivity index (χ4n) is 1.19. The van der Waals surface area contributed by atoms with E-state index in [9.17, 15) is 8.78 Å². The first-order valence-electron chi connectivity index (χ1n) is 4.44. The molecule has 82 valence electrons. The number of halogens is 3. The van der Waals surface area contributed by atoms with Gasteiger partial charge in [-0.25, -0.2) is 8.78 Å². The van der Waals surface area contributed by atoms with E-state index in [1.807, 2.05) is 6.08 Å². The Bertz CT molecular complexity index is 364. The van der Waals surface area contributed by atoms with Crippen molar-refractivity contribution in [1.82, 2.24) is 0 Å². The number of hydrogen-bond donors (Lipinski definition) is 0. The molecule has 0 aliphatic rings. The molecule has 0 aromatic heterocycles. The van der Waals surface area contributed by atoms with Gasteiger partial charge in [-0.1, -0.05) is 28.1 Å². The van der Waals surface area contributed by atoms with Gasteiger partial charge in [0.2, 0.25) is 0 Å². The molecule has 1 nitrogen and oxygen atoms in total. The quantitative estimate of drug-likeness (QED) is 0.761. The van der Waals surface area contributed by atoms with Crippen LogP contribution in [0.15, 0.2) is 18.2 Å². The first-order chi connectivity index (χ1) is 7.19. The maximum Gasteiger partial charge on any atom is 0.168 e. The second-order valence-electron chi connectivity index (χ2n) is 2.89. The van der Waals surface area contributed by atoms with Crippen LogP contribution in [0.25, 0.3) is 6.08 Å². The van der Waals surface area contributed by atoms with Crippen LogP contribution in [-0.2, 0) is 0 Å². The van der Waals surface area contributed by atoms with Gasteiger partial charge < -0.3 is 4.74 Å². The number of alkyl halides is 1. The Morgan fingerprint density at radius 2 is 2.13 bits per heavy atom. The van der Waals surface area contributed by atoms with Gasteiger partial charge in [-0.2, -0.15) is 0 Å². The third-order valence-electron chi connectivity index (χ3n) is 1.81. The first kappa shape index (κ1) is 12.2. The Morgan fingerprint density at radius 3 is 2.73 bits per heavy atom. The highest BCUT2D eigenvalue weighted by atomic mass is 79.9. The monoisotopic (exact) mass is 276 g/mol. The summed E-state index contributed by atoms with van der Waals surface area (Å²) in [5, 5.41) is 0.809. The molecule has 1 rings (SSSR count). The molecule has 0 heterocycles. The van der Waals surface area contributed by atoms with Crippen molar-refractivity contribution in [2.24, 2.45) is 0 Å². The molecule has 0 bridgehead atoms. The smallest absolute Gasteiger partial charge is 0.168 e. The molecule has 0 fully saturated rings. The second-order valence-corrected chi connectivity index (χ2v) is 3.68. The molecule has 0 amide bonds. The van der Waals surface area contributed by atoms with Crippen LogP contribution in [0.1, 0.15) is 12.0 Å². The predicted molar refractivity (Wildman–Crippen MR) is 60.4 cm³/mol. The minimum absolute atomic E-state index is 0.0715. The Labute approximate surface area is 95.9 Å². The molecule has 0 saturated carbocycles. The van der Waals surface area contributed by atoms with Crippen molar-refractivity contribution in [2.75, 3.05) is 12.4 Å². The van der Waals surface area contributed by atoms with E-state index >= 15 is 0 Å². The molecule has 1 aromatic carbocycles. The van der Waals surface area contributed by atoms with Gasteiger partial charge in [-0.05, 0) is 12.5 Å². The Morgan fingerprint density at radius 1 is 1.40 bits per heavy atom. The molecule has 0 unspecified atom stereocenters. The molecule has 0 spiro atoms. The first-order valence-corrected chi connectivity index (χ1v) is 5.56. The van der Waals surface area contributed by atoms with Crippen molar-refractivity contribution < 1.29 is 13.5 Å². The van der Waals surface area contributed by atoms with Crippen molar-refractivity contribution >= 4 is 22.0 Å². The summed E-state index contributed by atoms with van der Waals surface area (Å²) in [6.07, 6.45) is 4.26. The zero-order valence-electron chi connectivity index (χ0n) is 8.27. The van der Waals surface area contributed by atoms with Crippen LogP contribution >= 0.6 is 15.9 Å². The SMILES string of the molecule is COc1c(F)cc(F)cc1C=CCCBr. The molecule has 0 radical (unpaired) electrons. The molecule has 4 heteroatoms. The van der Waals surface area contributed by atoms with Crippen molar-refractivity contribution in [2.45, 2.75) is 6.42 Å². The lowest BCUT2D eigenvalue weighted by Crippen LogP contribution is -1.93. The summed E-state index contributed by atoms with van der Waals surface area (Å²) in [5.41, 5.74) is 0.413. The summed E-state index contributed by atoms with van der Waals surface area (Å²) >= 11 is 3.26. The lowest BCUT2D eigenvalue weighted by atomic mass is 10.1. The zero-order valence-corrected chi connectivity index (χ0v) is 9.85. The standard InChI is InChI=1S/C11H11BrF2O/c1-15-11-8(4-2-3-5-12)6-9(13)7-10(11)14/h2,4,6-7H,3,5H2,1H3. The van der Waals surface area contributed by atoms with E-state index in [1.165, 1.54) is 13.2 Å². The Balaban J connectivity index is 3.03. The topological polar surface area (TPSA) is 9.23 Å². The normalized spacial score (nSPS) is 10.9. The maximum atomic E-state index is 13.2. The molecule has 15 heavy (non-hydrogen) atoms. The van der Waals surface area contributed by atoms with Gasteiger partial charge in [-0.3, -0.25) is 0 Å². The van der Waals surface area contributed by atoms with Crippen LogP contribution in [0.3, 0.4) is 0 Å². The van der Waals surface area contributed by atoms with E-state index in [0.717, 1.165) is 17.8 Å². The molecule has 0 N–H and O–H groups in total. The fourth-order valence-corrected chi connectivity index (χ4v) is 1.46. The van der Waals surface area contributed by atoms with E-state index < -0.39 is 11.6 Å². The van der Waals surface area contributed by atoms with Crippen LogP contribution in [0.4, 0.5) is 8.78 Å². The van der Waals surface area contributed by atoms with Gasteiger partial charge in [0.05, 0.1) is 7.11 Å². The highest BCUT2D eigenvalue weighted by molar-refractivity contribution is 9.09. The highest BCUT2D eigenvalue weighted by Gasteiger charge is 2.09. The van der Waals surface area contributed by atoms with Gasteiger partial charge in [0.1, 0.15) is 5.82 Å². The van der Waals surface area contributed by atoms with Crippen LogP contribution in [0.2, 0.25) is 0 Å². The largest absolute Gasteiger partial charge is 0.493 e. The van der Waals surface area contributed by atoms with Gasteiger partial charge in [-0.15, -0.1) is 0 Å². The molecule has 0 atom stereocenters. The summed E-state index contributed by atoms with van der Waals surface area (Å²) < 4.78 is 31.0. The van der Waals surface area contributed by atoms with Crippen molar-refractivity contribution in [3.05, 3.63) is 35.4 Å². The average molecular weight is 277 g/mol. The molecular weight excluding hydrogens is 266 g/mol. The predicted octanol–water partition coefficient (Wildman–Crippen LogP) is 3.77. The number of rotatable bonds is 4. The minimum Gasteiger partial charge on any atom is -0.493 e. The molecule has 0 aliphatic heterocycles. The van der Waals surface area contributed by atoms with E-state index in [0.29, 0.717) is 5.56 Å². The Hall–Kier alpha value is -0.900. The third-order valence-corrected chi connectivity index (χ3v) is 2.27. The Kier molecular flexibility index (Phi) is 4.75. The number of methoxy groups -OCH3 is 1. The lowest BCUT2D eigenvalue weighted by Gasteiger charge is -2.06. The van der Waals surface area contributed by atoms with Gasteiger partial charge >= 0.3 is 0 Å². The number of ether oxygens (including phenoxy) is 1. The van der Waals surface area contributed by atoms with Crippen LogP contribution < -0.4 is 4.74 Å². The van der Waals surface area contributed by atoms with E-state index in [-0.39, 0.29) is 5.75 Å². The summed E-state index contributed by atoms with van der Waals surface area (Å²) in [6.45, 7) is 0. The van der Waals surface area contributed by atoms with Crippen LogP contribution in [0.5, 0.6) is 5.75 Å². The van der Waals surface area contributed by atoms with Gasteiger partial charge in [0.25, 0.3) is 0 Å². The molecule has 0 saturated heterocycles. The van der Waals surface area contributed by atoms with Gasteiger partial charge in [0, 0.05) is 17.0 Å². The number of allylic oxidation sites excluding steroid dienone is 1. The molecule has 1 aromatic rings. The van der Waals surface area contributed by atoms with Crippen LogP contribution in [-0.4, -0.2) is 12.4 Å². The average Bonchev–Trinajstić information content (AvgIpc) is 2.17.